The maximum atomic E-state index is 12.1. The molecule has 0 radical (unpaired) electrons. The molecule has 4 rings (SSSR count). The molecule has 158 valence electrons. The third kappa shape index (κ3) is 3.85. The van der Waals surface area contributed by atoms with E-state index >= 15 is 0 Å². The second kappa shape index (κ2) is 8.00. The van der Waals surface area contributed by atoms with Crippen LogP contribution in [-0.2, 0) is 10.0 Å². The molecule has 0 amide bonds. The number of piperazine rings is 1. The highest BCUT2D eigenvalue weighted by Crippen LogP contribution is 2.28. The van der Waals surface area contributed by atoms with E-state index in [1.165, 1.54) is 4.31 Å². The standard InChI is InChI=1S/C19H23N7O3S/c1-3-30(27,28)26-10-8-25(9-11-26)15-12-21-17(20)16(22-15)19-24-23-18(29-19)14-7-5-4-6-13(14)2/h4-7,12H,3,8-11H2,1-2H3,(H2,20,21). The molecule has 1 aliphatic rings. The Morgan fingerprint density at radius 3 is 2.50 bits per heavy atom. The lowest BCUT2D eigenvalue weighted by Gasteiger charge is -2.34. The quantitative estimate of drug-likeness (QED) is 0.641. The number of nitrogens with zero attached hydrogens (tertiary/aromatic N) is 6. The first-order valence-electron chi connectivity index (χ1n) is 9.64. The number of anilines is 2. The molecular formula is C19H23N7O3S. The molecule has 1 fully saturated rings. The molecule has 11 heteroatoms. The zero-order chi connectivity index (χ0) is 21.3. The van der Waals surface area contributed by atoms with Gasteiger partial charge in [0, 0.05) is 31.7 Å². The summed E-state index contributed by atoms with van der Waals surface area (Å²) in [6.45, 7) is 5.43. The summed E-state index contributed by atoms with van der Waals surface area (Å²) in [5.74, 6) is 1.44. The summed E-state index contributed by atoms with van der Waals surface area (Å²) >= 11 is 0. The van der Waals surface area contributed by atoms with Crippen LogP contribution in [0.1, 0.15) is 12.5 Å². The molecule has 0 saturated carbocycles. The fourth-order valence-electron chi connectivity index (χ4n) is 3.32. The van der Waals surface area contributed by atoms with E-state index in [4.69, 9.17) is 10.2 Å². The van der Waals surface area contributed by atoms with E-state index in [9.17, 15) is 8.42 Å². The first-order chi connectivity index (χ1) is 14.4. The van der Waals surface area contributed by atoms with Crippen LogP contribution in [0.3, 0.4) is 0 Å². The molecule has 3 aromatic rings. The third-order valence-corrected chi connectivity index (χ3v) is 6.99. The van der Waals surface area contributed by atoms with Crippen LogP contribution in [-0.4, -0.2) is 64.8 Å². The van der Waals surface area contributed by atoms with Crippen molar-refractivity contribution in [3.8, 4) is 23.0 Å². The van der Waals surface area contributed by atoms with Crippen molar-refractivity contribution in [2.45, 2.75) is 13.8 Å². The second-order valence-corrected chi connectivity index (χ2v) is 9.23. The fourth-order valence-corrected chi connectivity index (χ4v) is 4.40. The van der Waals surface area contributed by atoms with Crippen molar-refractivity contribution in [2.24, 2.45) is 0 Å². The zero-order valence-corrected chi connectivity index (χ0v) is 17.6. The number of aromatic nitrogens is 4. The topological polar surface area (TPSA) is 131 Å². The first-order valence-corrected chi connectivity index (χ1v) is 11.2. The predicted molar refractivity (Wildman–Crippen MR) is 113 cm³/mol. The van der Waals surface area contributed by atoms with Gasteiger partial charge in [-0.1, -0.05) is 18.2 Å². The molecule has 1 saturated heterocycles. The predicted octanol–water partition coefficient (Wildman–Crippen LogP) is 1.56. The Bertz CT molecular complexity index is 1150. The minimum atomic E-state index is -3.19. The number of rotatable bonds is 5. The largest absolute Gasteiger partial charge is 0.414 e. The molecule has 0 bridgehead atoms. The number of benzene rings is 1. The van der Waals surface area contributed by atoms with Crippen LogP contribution in [0, 0.1) is 6.92 Å². The molecule has 1 aromatic carbocycles. The van der Waals surface area contributed by atoms with Crippen molar-refractivity contribution < 1.29 is 12.8 Å². The van der Waals surface area contributed by atoms with Crippen molar-refractivity contribution in [3.05, 3.63) is 36.0 Å². The second-order valence-electron chi connectivity index (χ2n) is 6.98. The van der Waals surface area contributed by atoms with Gasteiger partial charge >= 0.3 is 0 Å². The van der Waals surface area contributed by atoms with Crippen LogP contribution in [0.5, 0.6) is 0 Å². The molecule has 1 aliphatic heterocycles. The van der Waals surface area contributed by atoms with Gasteiger partial charge < -0.3 is 15.1 Å². The summed E-state index contributed by atoms with van der Waals surface area (Å²) < 4.78 is 31.4. The van der Waals surface area contributed by atoms with Crippen molar-refractivity contribution in [3.63, 3.8) is 0 Å². The van der Waals surface area contributed by atoms with E-state index in [-0.39, 0.29) is 17.5 Å². The minimum Gasteiger partial charge on any atom is -0.414 e. The van der Waals surface area contributed by atoms with Gasteiger partial charge in [0.15, 0.2) is 11.5 Å². The van der Waals surface area contributed by atoms with Crippen LogP contribution in [0.4, 0.5) is 11.6 Å². The Balaban J connectivity index is 1.57. The molecule has 10 nitrogen and oxygen atoms in total. The van der Waals surface area contributed by atoms with Gasteiger partial charge in [-0.15, -0.1) is 10.2 Å². The molecule has 0 atom stereocenters. The Kier molecular flexibility index (Phi) is 5.39. The van der Waals surface area contributed by atoms with E-state index in [0.29, 0.717) is 43.6 Å². The molecule has 30 heavy (non-hydrogen) atoms. The van der Waals surface area contributed by atoms with Crippen LogP contribution in [0.2, 0.25) is 0 Å². The minimum absolute atomic E-state index is 0.0964. The van der Waals surface area contributed by atoms with Crippen molar-refractivity contribution >= 4 is 21.7 Å². The number of sulfonamides is 1. The number of hydrogen-bond donors (Lipinski definition) is 1. The molecule has 0 aliphatic carbocycles. The average molecular weight is 430 g/mol. The normalized spacial score (nSPS) is 15.5. The molecule has 0 unspecified atom stereocenters. The molecule has 3 heterocycles. The van der Waals surface area contributed by atoms with E-state index in [1.807, 2.05) is 36.1 Å². The highest BCUT2D eigenvalue weighted by Gasteiger charge is 2.27. The third-order valence-electron chi connectivity index (χ3n) is 5.11. The number of nitrogen functional groups attached to an aromatic ring is 1. The Labute approximate surface area is 174 Å². The summed E-state index contributed by atoms with van der Waals surface area (Å²) in [6, 6.07) is 7.71. The average Bonchev–Trinajstić information content (AvgIpc) is 3.24. The monoisotopic (exact) mass is 429 g/mol. The van der Waals surface area contributed by atoms with Crippen LogP contribution in [0.15, 0.2) is 34.9 Å². The lowest BCUT2D eigenvalue weighted by molar-refractivity contribution is 0.384. The van der Waals surface area contributed by atoms with Gasteiger partial charge in [-0.2, -0.15) is 4.31 Å². The lowest BCUT2D eigenvalue weighted by Crippen LogP contribution is -2.49. The summed E-state index contributed by atoms with van der Waals surface area (Å²) in [5.41, 5.74) is 8.18. The van der Waals surface area contributed by atoms with Crippen molar-refractivity contribution in [1.29, 1.82) is 0 Å². The lowest BCUT2D eigenvalue weighted by atomic mass is 10.1. The Morgan fingerprint density at radius 2 is 1.80 bits per heavy atom. The molecule has 2 N–H and O–H groups in total. The smallest absolute Gasteiger partial charge is 0.270 e. The van der Waals surface area contributed by atoms with Gasteiger partial charge in [-0.3, -0.25) is 0 Å². The van der Waals surface area contributed by atoms with Gasteiger partial charge in [-0.25, -0.2) is 18.4 Å². The maximum Gasteiger partial charge on any atom is 0.270 e. The highest BCUT2D eigenvalue weighted by molar-refractivity contribution is 7.89. The number of nitrogens with two attached hydrogens (primary N) is 1. The van der Waals surface area contributed by atoms with Gasteiger partial charge in [0.2, 0.25) is 15.9 Å². The highest BCUT2D eigenvalue weighted by atomic mass is 32.2. The van der Waals surface area contributed by atoms with E-state index in [0.717, 1.165) is 11.1 Å². The van der Waals surface area contributed by atoms with E-state index < -0.39 is 10.0 Å². The van der Waals surface area contributed by atoms with Gasteiger partial charge in [0.1, 0.15) is 5.82 Å². The fraction of sp³-hybridized carbons (Fsp3) is 0.368. The first kappa shape index (κ1) is 20.2. The van der Waals surface area contributed by atoms with Crippen molar-refractivity contribution in [2.75, 3.05) is 42.6 Å². The summed E-state index contributed by atoms with van der Waals surface area (Å²) in [7, 11) is -3.19. The summed E-state index contributed by atoms with van der Waals surface area (Å²) in [4.78, 5) is 10.8. The van der Waals surface area contributed by atoms with Crippen LogP contribution < -0.4 is 10.6 Å². The Hall–Kier alpha value is -3.05. The molecule has 0 spiro atoms. The SMILES string of the molecule is CCS(=O)(=O)N1CCN(c2cnc(N)c(-c3nnc(-c4ccccc4C)o3)n2)CC1. The summed E-state index contributed by atoms with van der Waals surface area (Å²) in [5, 5.41) is 8.23. The number of hydrogen-bond acceptors (Lipinski definition) is 9. The van der Waals surface area contributed by atoms with Crippen LogP contribution in [0.25, 0.3) is 23.0 Å². The maximum absolute atomic E-state index is 12.1. The van der Waals surface area contributed by atoms with Crippen molar-refractivity contribution in [1.82, 2.24) is 24.5 Å². The van der Waals surface area contributed by atoms with Gasteiger partial charge in [-0.05, 0) is 25.5 Å². The molecular weight excluding hydrogens is 406 g/mol. The van der Waals surface area contributed by atoms with Gasteiger partial charge in [0.05, 0.1) is 11.9 Å². The van der Waals surface area contributed by atoms with E-state index in [1.54, 1.807) is 13.1 Å². The zero-order valence-electron chi connectivity index (χ0n) is 16.8. The number of aryl methyl sites for hydroxylation is 1. The van der Waals surface area contributed by atoms with Crippen LogP contribution >= 0.6 is 0 Å². The molecule has 2 aromatic heterocycles. The Morgan fingerprint density at radius 1 is 1.10 bits per heavy atom. The van der Waals surface area contributed by atoms with E-state index in [2.05, 4.69) is 20.2 Å². The summed E-state index contributed by atoms with van der Waals surface area (Å²) in [6.07, 6.45) is 1.57. The van der Waals surface area contributed by atoms with Gasteiger partial charge in [0.25, 0.3) is 5.89 Å².